The van der Waals surface area contributed by atoms with Gasteiger partial charge in [0.1, 0.15) is 12.4 Å². The first-order valence-electron chi connectivity index (χ1n) is 4.84. The summed E-state index contributed by atoms with van der Waals surface area (Å²) >= 11 is 0. The first kappa shape index (κ1) is 13.1. The fraction of sp³-hybridized carbons (Fsp3) is 0.200. The Labute approximate surface area is 99.4 Å². The van der Waals surface area contributed by atoms with Gasteiger partial charge < -0.3 is 20.4 Å². The second-order valence-corrected chi connectivity index (χ2v) is 3.20. The van der Waals surface area contributed by atoms with Crippen LogP contribution in [0.25, 0.3) is 0 Å². The molecule has 17 heavy (non-hydrogen) atoms. The Morgan fingerprint density at radius 2 is 2.24 bits per heavy atom. The maximum atomic E-state index is 10.8. The molecule has 1 aromatic carbocycles. The van der Waals surface area contributed by atoms with Gasteiger partial charge in [0.25, 0.3) is 0 Å². The van der Waals surface area contributed by atoms with E-state index < -0.39 is 5.91 Å². The van der Waals surface area contributed by atoms with Crippen LogP contribution in [-0.4, -0.2) is 26.1 Å². The van der Waals surface area contributed by atoms with Gasteiger partial charge in [-0.25, -0.2) is 0 Å². The van der Waals surface area contributed by atoms with Crippen molar-refractivity contribution >= 4 is 25.2 Å². The lowest BCUT2D eigenvalue weighted by molar-refractivity contribution is -0.120. The van der Waals surface area contributed by atoms with E-state index in [0.717, 1.165) is 7.69 Å². The zero-order valence-corrected chi connectivity index (χ0v) is 9.30. The zero-order chi connectivity index (χ0) is 12.7. The minimum Gasteiger partial charge on any atom is -0.537 e. The number of carbonyl (C=O) groups is 2. The molecule has 0 fully saturated rings. The third-order valence-corrected chi connectivity index (χ3v) is 1.63. The van der Waals surface area contributed by atoms with Crippen molar-refractivity contribution in [3.05, 3.63) is 24.3 Å². The summed E-state index contributed by atoms with van der Waals surface area (Å²) in [5, 5.41) is 2.61. The van der Waals surface area contributed by atoms with Gasteiger partial charge in [0.05, 0.1) is 0 Å². The molecule has 0 unspecified atom stereocenters. The predicted molar refractivity (Wildman–Crippen MR) is 62.3 cm³/mol. The van der Waals surface area contributed by atoms with E-state index in [2.05, 4.69) is 5.32 Å². The Bertz CT molecular complexity index is 411. The normalized spacial score (nSPS) is 9.47. The predicted octanol–water partition coefficient (Wildman–Crippen LogP) is 0.0599. The van der Waals surface area contributed by atoms with Crippen molar-refractivity contribution < 1.29 is 18.9 Å². The van der Waals surface area contributed by atoms with Gasteiger partial charge in [-0.15, -0.1) is 0 Å². The third kappa shape index (κ3) is 5.57. The second-order valence-electron chi connectivity index (χ2n) is 3.20. The summed E-state index contributed by atoms with van der Waals surface area (Å²) in [6, 6.07) is 6.72. The van der Waals surface area contributed by atoms with Crippen LogP contribution in [0.2, 0.25) is 0 Å². The second kappa shape index (κ2) is 6.54. The Balaban J connectivity index is 2.42. The van der Waals surface area contributed by atoms with E-state index in [-0.39, 0.29) is 12.5 Å². The molecule has 0 spiro atoms. The Hall–Kier alpha value is -2.02. The first-order chi connectivity index (χ1) is 8.08. The van der Waals surface area contributed by atoms with Crippen molar-refractivity contribution in [3.63, 3.8) is 0 Å². The Morgan fingerprint density at radius 3 is 2.88 bits per heavy atom. The lowest BCUT2D eigenvalue weighted by atomic mass is 10.2. The molecule has 2 amide bonds. The number of nitrogens with two attached hydrogens (primary N) is 1. The minimum atomic E-state index is -0.586. The average Bonchev–Trinajstić information content (AvgIpc) is 2.24. The minimum absolute atomic E-state index is 0.170. The highest BCUT2D eigenvalue weighted by Crippen LogP contribution is 2.16. The highest BCUT2D eigenvalue weighted by atomic mass is 16.6. The van der Waals surface area contributed by atoms with Gasteiger partial charge in [-0.3, -0.25) is 9.59 Å². The number of amides is 2. The molecular formula is C10H12BN2O4. The summed E-state index contributed by atoms with van der Waals surface area (Å²) in [5.41, 5.74) is 5.47. The van der Waals surface area contributed by atoms with Crippen LogP contribution in [0.5, 0.6) is 5.75 Å². The summed E-state index contributed by atoms with van der Waals surface area (Å²) in [4.78, 5) is 21.2. The Kier molecular flexibility index (Phi) is 5.02. The molecule has 0 aliphatic rings. The van der Waals surface area contributed by atoms with Crippen LogP contribution in [0.3, 0.4) is 0 Å². The highest BCUT2D eigenvalue weighted by molar-refractivity contribution is 6.19. The average molecular weight is 235 g/mol. The van der Waals surface area contributed by atoms with Crippen LogP contribution in [-0.2, 0) is 14.2 Å². The Morgan fingerprint density at radius 1 is 1.47 bits per heavy atom. The van der Waals surface area contributed by atoms with Crippen LogP contribution >= 0.6 is 0 Å². The standard InChI is InChI=1S/C10H12BN2O4/c1-7(14)13-8-3-2-4-9(5-8)17-11-16-6-10(12)15/h2-5H,6H2,1H3,(H2,12,15)(H,13,14). The lowest BCUT2D eigenvalue weighted by Gasteiger charge is -2.06. The van der Waals surface area contributed by atoms with Crippen LogP contribution in [0.15, 0.2) is 24.3 Å². The fourth-order valence-corrected chi connectivity index (χ4v) is 1.06. The van der Waals surface area contributed by atoms with E-state index >= 15 is 0 Å². The molecule has 0 bridgehead atoms. The quantitative estimate of drug-likeness (QED) is 0.538. The third-order valence-electron chi connectivity index (χ3n) is 1.63. The largest absolute Gasteiger partial charge is 0.572 e. The summed E-state index contributed by atoms with van der Waals surface area (Å²) in [5.74, 6) is -0.284. The molecule has 1 radical (unpaired) electrons. The topological polar surface area (TPSA) is 90.7 Å². The lowest BCUT2D eigenvalue weighted by Crippen LogP contribution is -2.21. The molecule has 0 aromatic heterocycles. The molecule has 0 aliphatic heterocycles. The highest BCUT2D eigenvalue weighted by Gasteiger charge is 2.02. The van der Waals surface area contributed by atoms with Crippen molar-refractivity contribution in [1.82, 2.24) is 0 Å². The molecule has 89 valence electrons. The van der Waals surface area contributed by atoms with Crippen molar-refractivity contribution in [2.75, 3.05) is 11.9 Å². The van der Waals surface area contributed by atoms with Gasteiger partial charge in [0, 0.05) is 18.7 Å². The molecule has 1 rings (SSSR count). The summed E-state index contributed by atoms with van der Waals surface area (Å²) in [6.45, 7) is 1.17. The molecule has 0 saturated carbocycles. The molecule has 7 heteroatoms. The number of carbonyl (C=O) groups excluding carboxylic acids is 2. The molecule has 3 N–H and O–H groups in total. The van der Waals surface area contributed by atoms with Crippen LogP contribution in [0.1, 0.15) is 6.92 Å². The number of benzene rings is 1. The van der Waals surface area contributed by atoms with Gasteiger partial charge in [0.2, 0.25) is 11.8 Å². The van der Waals surface area contributed by atoms with E-state index in [1.54, 1.807) is 24.3 Å². The van der Waals surface area contributed by atoms with Crippen molar-refractivity contribution in [3.8, 4) is 5.75 Å². The van der Waals surface area contributed by atoms with E-state index in [4.69, 9.17) is 15.0 Å². The van der Waals surface area contributed by atoms with E-state index in [1.165, 1.54) is 6.92 Å². The summed E-state index contributed by atoms with van der Waals surface area (Å²) < 4.78 is 9.78. The molecule has 1 aromatic rings. The van der Waals surface area contributed by atoms with Crippen molar-refractivity contribution in [2.24, 2.45) is 5.73 Å². The number of hydrogen-bond acceptors (Lipinski definition) is 4. The maximum Gasteiger partial charge on any atom is 0.572 e. The molecule has 0 heterocycles. The van der Waals surface area contributed by atoms with Crippen molar-refractivity contribution in [2.45, 2.75) is 6.92 Å². The molecule has 0 atom stereocenters. The number of nitrogens with one attached hydrogen (secondary N) is 1. The van der Waals surface area contributed by atoms with Crippen molar-refractivity contribution in [1.29, 1.82) is 0 Å². The smallest absolute Gasteiger partial charge is 0.537 e. The molecule has 0 saturated heterocycles. The van der Waals surface area contributed by atoms with Gasteiger partial charge >= 0.3 is 7.69 Å². The molecular weight excluding hydrogens is 223 g/mol. The zero-order valence-electron chi connectivity index (χ0n) is 9.30. The van der Waals surface area contributed by atoms with E-state index in [1.807, 2.05) is 0 Å². The van der Waals surface area contributed by atoms with Crippen LogP contribution < -0.4 is 15.7 Å². The van der Waals surface area contributed by atoms with Gasteiger partial charge in [0.15, 0.2) is 0 Å². The first-order valence-corrected chi connectivity index (χ1v) is 4.84. The van der Waals surface area contributed by atoms with Gasteiger partial charge in [-0.2, -0.15) is 0 Å². The molecule has 0 aliphatic carbocycles. The maximum absolute atomic E-state index is 10.8. The fourth-order valence-electron chi connectivity index (χ4n) is 1.06. The summed E-state index contributed by atoms with van der Waals surface area (Å²) in [7, 11) is 1.01. The van der Waals surface area contributed by atoms with E-state index in [0.29, 0.717) is 11.4 Å². The SMILES string of the molecule is CC(=O)Nc1cccc(O[B]OCC(N)=O)c1. The van der Waals surface area contributed by atoms with Crippen LogP contribution in [0.4, 0.5) is 5.69 Å². The molecule has 6 nitrogen and oxygen atoms in total. The number of rotatable bonds is 6. The monoisotopic (exact) mass is 235 g/mol. The van der Waals surface area contributed by atoms with E-state index in [9.17, 15) is 9.59 Å². The number of anilines is 1. The van der Waals surface area contributed by atoms with Gasteiger partial charge in [-0.05, 0) is 12.1 Å². The number of primary amides is 1. The summed E-state index contributed by atoms with van der Waals surface area (Å²) in [6.07, 6.45) is 0. The number of hydrogen-bond donors (Lipinski definition) is 2. The van der Waals surface area contributed by atoms with Crippen LogP contribution in [0, 0.1) is 0 Å². The van der Waals surface area contributed by atoms with Gasteiger partial charge in [-0.1, -0.05) is 6.07 Å².